The second-order valence-corrected chi connectivity index (χ2v) is 9.25. The number of fused-ring (bicyclic) bond motifs is 3. The highest BCUT2D eigenvalue weighted by atomic mass is 16.5. The first-order valence-electron chi connectivity index (χ1n) is 12.1. The van der Waals surface area contributed by atoms with Crippen molar-refractivity contribution < 1.29 is 24.2 Å². The number of carboxylic acids is 1. The second-order valence-electron chi connectivity index (χ2n) is 9.25. The van der Waals surface area contributed by atoms with Crippen molar-refractivity contribution in [2.45, 2.75) is 69.4 Å². The Morgan fingerprint density at radius 1 is 1.00 bits per heavy atom. The summed E-state index contributed by atoms with van der Waals surface area (Å²) >= 11 is 0. The summed E-state index contributed by atoms with van der Waals surface area (Å²) in [6, 6.07) is 15.3. The maximum absolute atomic E-state index is 13.0. The van der Waals surface area contributed by atoms with Crippen LogP contribution in [-0.2, 0) is 14.3 Å². The Labute approximate surface area is 199 Å². The van der Waals surface area contributed by atoms with Crippen molar-refractivity contribution in [3.8, 4) is 11.1 Å². The second kappa shape index (κ2) is 10.3. The highest BCUT2D eigenvalue weighted by Crippen LogP contribution is 2.44. The third kappa shape index (κ3) is 4.79. The molecule has 34 heavy (non-hydrogen) atoms. The number of alkyl carbamates (subject to hydrolysis) is 1. The third-order valence-corrected chi connectivity index (χ3v) is 7.01. The molecule has 2 aromatic rings. The quantitative estimate of drug-likeness (QED) is 0.530. The van der Waals surface area contributed by atoms with E-state index in [9.17, 15) is 19.5 Å². The predicted octanol–water partition coefficient (Wildman–Crippen LogP) is 4.60. The molecule has 0 spiro atoms. The number of hydrogen-bond donors (Lipinski definition) is 3. The number of ether oxygens (including phenoxy) is 1. The van der Waals surface area contributed by atoms with Gasteiger partial charge in [-0.3, -0.25) is 4.79 Å². The van der Waals surface area contributed by atoms with Gasteiger partial charge in [-0.25, -0.2) is 9.59 Å². The smallest absolute Gasteiger partial charge is 0.407 e. The fourth-order valence-electron chi connectivity index (χ4n) is 5.21. The average Bonchev–Trinajstić information content (AvgIpc) is 3.16. The molecule has 2 aliphatic carbocycles. The van der Waals surface area contributed by atoms with Gasteiger partial charge in [0, 0.05) is 5.92 Å². The van der Waals surface area contributed by atoms with E-state index in [0.29, 0.717) is 25.7 Å². The Bertz CT molecular complexity index is 1010. The van der Waals surface area contributed by atoms with Gasteiger partial charge in [0.25, 0.3) is 0 Å². The Hall–Kier alpha value is -3.35. The summed E-state index contributed by atoms with van der Waals surface area (Å²) in [5, 5.41) is 15.2. The molecule has 3 N–H and O–H groups in total. The number of hydrogen-bond acceptors (Lipinski definition) is 4. The van der Waals surface area contributed by atoms with Crippen LogP contribution in [0.15, 0.2) is 48.5 Å². The van der Waals surface area contributed by atoms with E-state index in [0.717, 1.165) is 41.5 Å². The number of carboxylic acid groups (broad SMARTS) is 1. The van der Waals surface area contributed by atoms with Gasteiger partial charge >= 0.3 is 12.1 Å². The van der Waals surface area contributed by atoms with Crippen LogP contribution in [0.4, 0.5) is 4.79 Å². The molecule has 0 radical (unpaired) electrons. The van der Waals surface area contributed by atoms with Gasteiger partial charge in [-0.1, -0.05) is 81.1 Å². The minimum atomic E-state index is -1.26. The summed E-state index contributed by atoms with van der Waals surface area (Å²) in [4.78, 5) is 37.6. The van der Waals surface area contributed by atoms with Crippen LogP contribution in [0, 0.1) is 0 Å². The minimum absolute atomic E-state index is 0.0749. The highest BCUT2D eigenvalue weighted by molar-refractivity contribution is 5.91. The molecule has 1 atom stereocenters. The molecule has 180 valence electrons. The maximum Gasteiger partial charge on any atom is 0.407 e. The number of carbonyl (C=O) groups excluding carboxylic acids is 2. The van der Waals surface area contributed by atoms with Gasteiger partial charge in [-0.2, -0.15) is 0 Å². The largest absolute Gasteiger partial charge is 0.480 e. The Kier molecular flexibility index (Phi) is 7.20. The van der Waals surface area contributed by atoms with Crippen molar-refractivity contribution in [2.75, 3.05) is 6.61 Å². The molecule has 0 heterocycles. The molecular weight excluding hydrogens is 432 g/mol. The number of rotatable bonds is 8. The number of benzene rings is 2. The van der Waals surface area contributed by atoms with Crippen LogP contribution >= 0.6 is 0 Å². The highest BCUT2D eigenvalue weighted by Gasteiger charge is 2.42. The van der Waals surface area contributed by atoms with Crippen LogP contribution in [0.5, 0.6) is 0 Å². The van der Waals surface area contributed by atoms with Crippen LogP contribution in [0.2, 0.25) is 0 Å². The monoisotopic (exact) mass is 464 g/mol. The zero-order valence-electron chi connectivity index (χ0n) is 19.5. The molecule has 4 rings (SSSR count). The summed E-state index contributed by atoms with van der Waals surface area (Å²) in [6.07, 6.45) is 3.64. The van der Waals surface area contributed by atoms with Crippen molar-refractivity contribution in [1.82, 2.24) is 10.6 Å². The van der Waals surface area contributed by atoms with E-state index in [4.69, 9.17) is 4.74 Å². The molecule has 2 aromatic carbocycles. The van der Waals surface area contributed by atoms with Gasteiger partial charge in [-0.05, 0) is 41.5 Å². The molecule has 0 saturated heterocycles. The number of nitrogens with one attached hydrogen (secondary N) is 2. The van der Waals surface area contributed by atoms with E-state index in [2.05, 4.69) is 22.8 Å². The number of aliphatic carboxylic acids is 1. The lowest BCUT2D eigenvalue weighted by atomic mass is 9.81. The molecule has 7 heteroatoms. The molecule has 0 bridgehead atoms. The van der Waals surface area contributed by atoms with E-state index in [1.54, 1.807) is 0 Å². The van der Waals surface area contributed by atoms with E-state index in [-0.39, 0.29) is 12.5 Å². The normalized spacial score (nSPS) is 17.2. The van der Waals surface area contributed by atoms with Gasteiger partial charge in [0.2, 0.25) is 5.91 Å². The molecule has 1 fully saturated rings. The topological polar surface area (TPSA) is 105 Å². The van der Waals surface area contributed by atoms with E-state index in [1.165, 1.54) is 0 Å². The van der Waals surface area contributed by atoms with Crippen LogP contribution in [0.25, 0.3) is 11.1 Å². The summed E-state index contributed by atoms with van der Waals surface area (Å²) in [5.74, 6) is -1.56. The van der Waals surface area contributed by atoms with Crippen LogP contribution in [-0.4, -0.2) is 41.3 Å². The van der Waals surface area contributed by atoms with Gasteiger partial charge in [0.05, 0.1) is 0 Å². The van der Waals surface area contributed by atoms with Crippen molar-refractivity contribution in [3.05, 3.63) is 59.7 Å². The van der Waals surface area contributed by atoms with Crippen molar-refractivity contribution in [1.29, 1.82) is 0 Å². The van der Waals surface area contributed by atoms with E-state index < -0.39 is 29.6 Å². The van der Waals surface area contributed by atoms with E-state index >= 15 is 0 Å². The van der Waals surface area contributed by atoms with Crippen molar-refractivity contribution in [2.24, 2.45) is 0 Å². The standard InChI is InChI=1S/C27H32N2O5/c1-2-10-23(24(30)29-27(25(31)32)15-8-3-9-16-27)28-26(33)34-17-22-20-13-6-4-11-18(20)19-12-5-7-14-21(19)22/h4-7,11-14,22-23H,2-3,8-10,15-17H2,1H3,(H,28,33)(H,29,30)(H,31,32)/t23-/m0/s1. The van der Waals surface area contributed by atoms with Crippen LogP contribution in [0.1, 0.15) is 68.9 Å². The van der Waals surface area contributed by atoms with Gasteiger partial charge in [0.1, 0.15) is 18.2 Å². The molecule has 0 aromatic heterocycles. The van der Waals surface area contributed by atoms with Crippen LogP contribution in [0.3, 0.4) is 0 Å². The van der Waals surface area contributed by atoms with Gasteiger partial charge < -0.3 is 20.5 Å². The first kappa shape index (κ1) is 23.8. The van der Waals surface area contributed by atoms with E-state index in [1.807, 2.05) is 43.3 Å². The summed E-state index contributed by atoms with van der Waals surface area (Å²) < 4.78 is 5.58. The number of carbonyl (C=O) groups is 3. The first-order valence-corrected chi connectivity index (χ1v) is 12.1. The zero-order valence-corrected chi connectivity index (χ0v) is 19.5. The number of amides is 2. The molecule has 7 nitrogen and oxygen atoms in total. The van der Waals surface area contributed by atoms with Crippen molar-refractivity contribution in [3.63, 3.8) is 0 Å². The van der Waals surface area contributed by atoms with Crippen molar-refractivity contribution >= 4 is 18.0 Å². The molecular formula is C27H32N2O5. The lowest BCUT2D eigenvalue weighted by Gasteiger charge is -2.35. The van der Waals surface area contributed by atoms with Gasteiger partial charge in [0.15, 0.2) is 0 Å². The summed E-state index contributed by atoms with van der Waals surface area (Å²) in [5.41, 5.74) is 3.24. The van der Waals surface area contributed by atoms with Crippen LogP contribution < -0.4 is 10.6 Å². The average molecular weight is 465 g/mol. The Balaban J connectivity index is 1.41. The first-order chi connectivity index (χ1) is 16.4. The molecule has 0 unspecified atom stereocenters. The molecule has 2 aliphatic rings. The SMILES string of the molecule is CCC[C@H](NC(=O)OCC1c2ccccc2-c2ccccc21)C(=O)NC1(C(=O)O)CCCCC1. The molecule has 0 aliphatic heterocycles. The molecule has 1 saturated carbocycles. The fourth-order valence-corrected chi connectivity index (χ4v) is 5.21. The third-order valence-electron chi connectivity index (χ3n) is 7.01. The van der Waals surface area contributed by atoms with Gasteiger partial charge in [-0.15, -0.1) is 0 Å². The lowest BCUT2D eigenvalue weighted by Crippen LogP contribution is -2.60. The fraction of sp³-hybridized carbons (Fsp3) is 0.444. The zero-order chi connectivity index (χ0) is 24.1. The minimum Gasteiger partial charge on any atom is -0.480 e. The predicted molar refractivity (Wildman–Crippen MR) is 128 cm³/mol. The lowest BCUT2D eigenvalue weighted by molar-refractivity contribution is -0.149. The summed E-state index contributed by atoms with van der Waals surface area (Å²) in [6.45, 7) is 2.06. The maximum atomic E-state index is 13.0. The Morgan fingerprint density at radius 2 is 1.59 bits per heavy atom. The Morgan fingerprint density at radius 3 is 2.15 bits per heavy atom. The summed E-state index contributed by atoms with van der Waals surface area (Å²) in [7, 11) is 0. The molecule has 2 amide bonds.